The Kier molecular flexibility index (Phi) is 4.93. The van der Waals surface area contributed by atoms with Gasteiger partial charge in [-0.1, -0.05) is 11.6 Å². The van der Waals surface area contributed by atoms with Crippen LogP contribution in [0, 0.1) is 6.92 Å². The third-order valence-electron chi connectivity index (χ3n) is 4.83. The van der Waals surface area contributed by atoms with Crippen molar-refractivity contribution in [1.29, 1.82) is 0 Å². The summed E-state index contributed by atoms with van der Waals surface area (Å²) < 4.78 is 6.35. The van der Waals surface area contributed by atoms with Gasteiger partial charge in [0.25, 0.3) is 0 Å². The SMILES string of the molecule is Cc1cc(Cl)cc(-c2ccnc3sccc23)c1OC1CCCN(C(=O)O)C1. The van der Waals surface area contributed by atoms with Crippen molar-refractivity contribution in [2.45, 2.75) is 25.9 Å². The monoisotopic (exact) mass is 402 g/mol. The van der Waals surface area contributed by atoms with Crippen LogP contribution in [0.3, 0.4) is 0 Å². The molecule has 2 aromatic heterocycles. The van der Waals surface area contributed by atoms with Gasteiger partial charge in [-0.25, -0.2) is 9.78 Å². The lowest BCUT2D eigenvalue weighted by Crippen LogP contribution is -2.43. The van der Waals surface area contributed by atoms with Crippen LogP contribution in [0.25, 0.3) is 21.3 Å². The van der Waals surface area contributed by atoms with Crippen molar-refractivity contribution in [3.8, 4) is 16.9 Å². The van der Waals surface area contributed by atoms with Gasteiger partial charge in [-0.2, -0.15) is 0 Å². The number of nitrogens with zero attached hydrogens (tertiary/aromatic N) is 2. The van der Waals surface area contributed by atoms with Gasteiger partial charge in [0.15, 0.2) is 0 Å². The number of thiophene rings is 1. The number of hydrogen-bond acceptors (Lipinski definition) is 4. The molecule has 1 aliphatic heterocycles. The second-order valence-corrected chi connectivity index (χ2v) is 8.04. The fourth-order valence-corrected chi connectivity index (χ4v) is 4.60. The Labute approximate surface area is 166 Å². The number of carbonyl (C=O) groups is 1. The second kappa shape index (κ2) is 7.37. The number of ether oxygens (including phenoxy) is 1. The standard InChI is InChI=1S/C20H19ClN2O3S/c1-12-9-13(21)10-17(15-4-6-22-19-16(15)5-8-27-19)18(12)26-14-3-2-7-23(11-14)20(24)25/h4-6,8-10,14H,2-3,7,11H2,1H3,(H,24,25). The topological polar surface area (TPSA) is 62.7 Å². The molecule has 140 valence electrons. The number of carboxylic acid groups (broad SMARTS) is 1. The van der Waals surface area contributed by atoms with Crippen LogP contribution < -0.4 is 4.74 Å². The molecule has 0 spiro atoms. The van der Waals surface area contributed by atoms with Gasteiger partial charge >= 0.3 is 6.09 Å². The first-order valence-corrected chi connectivity index (χ1v) is 10.1. The normalized spacial score (nSPS) is 17.3. The third-order valence-corrected chi connectivity index (χ3v) is 5.87. The predicted octanol–water partition coefficient (Wildman–Crippen LogP) is 5.45. The molecule has 5 nitrogen and oxygen atoms in total. The zero-order valence-electron chi connectivity index (χ0n) is 14.8. The van der Waals surface area contributed by atoms with E-state index in [-0.39, 0.29) is 6.10 Å². The molecule has 1 aliphatic rings. The minimum absolute atomic E-state index is 0.173. The Bertz CT molecular complexity index is 1000. The van der Waals surface area contributed by atoms with E-state index in [9.17, 15) is 9.90 Å². The molecule has 1 saturated heterocycles. The van der Waals surface area contributed by atoms with Gasteiger partial charge in [0.05, 0.1) is 6.54 Å². The minimum atomic E-state index is -0.898. The summed E-state index contributed by atoms with van der Waals surface area (Å²) in [6, 6.07) is 7.81. The van der Waals surface area contributed by atoms with E-state index in [0.29, 0.717) is 18.1 Å². The highest BCUT2D eigenvalue weighted by Crippen LogP contribution is 2.40. The molecule has 0 bridgehead atoms. The summed E-state index contributed by atoms with van der Waals surface area (Å²) in [4.78, 5) is 18.1. The molecule has 0 saturated carbocycles. The minimum Gasteiger partial charge on any atom is -0.488 e. The molecular formula is C20H19ClN2O3S. The van der Waals surface area contributed by atoms with E-state index in [0.717, 1.165) is 45.5 Å². The molecule has 1 atom stereocenters. The van der Waals surface area contributed by atoms with Gasteiger partial charge in [0, 0.05) is 28.7 Å². The van der Waals surface area contributed by atoms with Crippen molar-refractivity contribution >= 4 is 39.2 Å². The maximum Gasteiger partial charge on any atom is 0.407 e. The van der Waals surface area contributed by atoms with Crippen LogP contribution >= 0.6 is 22.9 Å². The Morgan fingerprint density at radius 1 is 1.37 bits per heavy atom. The van der Waals surface area contributed by atoms with Gasteiger partial charge in [0.2, 0.25) is 0 Å². The number of piperidine rings is 1. The van der Waals surface area contributed by atoms with Crippen molar-refractivity contribution in [1.82, 2.24) is 9.88 Å². The van der Waals surface area contributed by atoms with Crippen molar-refractivity contribution in [2.75, 3.05) is 13.1 Å². The molecule has 3 aromatic rings. The van der Waals surface area contributed by atoms with E-state index in [2.05, 4.69) is 11.1 Å². The lowest BCUT2D eigenvalue weighted by atomic mass is 10.00. The predicted molar refractivity (Wildman–Crippen MR) is 108 cm³/mol. The van der Waals surface area contributed by atoms with Gasteiger partial charge in [-0.3, -0.25) is 0 Å². The zero-order chi connectivity index (χ0) is 19.0. The average Bonchev–Trinajstić information content (AvgIpc) is 3.13. The molecule has 1 N–H and O–H groups in total. The summed E-state index contributed by atoms with van der Waals surface area (Å²) in [5.74, 6) is 0.760. The molecular weight excluding hydrogens is 384 g/mol. The van der Waals surface area contributed by atoms with Crippen molar-refractivity contribution < 1.29 is 14.6 Å². The highest BCUT2D eigenvalue weighted by atomic mass is 35.5. The van der Waals surface area contributed by atoms with Crippen LogP contribution in [0.15, 0.2) is 35.8 Å². The van der Waals surface area contributed by atoms with Crippen molar-refractivity contribution in [2.24, 2.45) is 0 Å². The lowest BCUT2D eigenvalue weighted by molar-refractivity contribution is 0.0791. The summed E-state index contributed by atoms with van der Waals surface area (Å²) in [6.07, 6.45) is 2.35. The lowest BCUT2D eigenvalue weighted by Gasteiger charge is -2.32. The number of hydrogen-bond donors (Lipinski definition) is 1. The van der Waals surface area contributed by atoms with E-state index in [1.165, 1.54) is 4.90 Å². The summed E-state index contributed by atoms with van der Waals surface area (Å²) in [6.45, 7) is 2.90. The summed E-state index contributed by atoms with van der Waals surface area (Å²) in [5, 5.41) is 13.0. The Hall–Kier alpha value is -2.31. The molecule has 0 aliphatic carbocycles. The number of benzene rings is 1. The maximum absolute atomic E-state index is 11.3. The van der Waals surface area contributed by atoms with Gasteiger partial charge in [-0.05, 0) is 60.5 Å². The smallest absolute Gasteiger partial charge is 0.407 e. The summed E-state index contributed by atoms with van der Waals surface area (Å²) in [7, 11) is 0. The highest BCUT2D eigenvalue weighted by Gasteiger charge is 2.26. The Morgan fingerprint density at radius 3 is 3.04 bits per heavy atom. The number of aromatic nitrogens is 1. The average molecular weight is 403 g/mol. The summed E-state index contributed by atoms with van der Waals surface area (Å²) in [5.41, 5.74) is 2.87. The largest absolute Gasteiger partial charge is 0.488 e. The molecule has 1 amide bonds. The first kappa shape index (κ1) is 18.1. The third kappa shape index (κ3) is 3.59. The van der Waals surface area contributed by atoms with E-state index < -0.39 is 6.09 Å². The molecule has 4 rings (SSSR count). The van der Waals surface area contributed by atoms with E-state index in [1.54, 1.807) is 17.5 Å². The van der Waals surface area contributed by atoms with E-state index in [4.69, 9.17) is 16.3 Å². The van der Waals surface area contributed by atoms with Crippen LogP contribution in [-0.2, 0) is 0 Å². The first-order valence-electron chi connectivity index (χ1n) is 8.80. The maximum atomic E-state index is 11.3. The quantitative estimate of drug-likeness (QED) is 0.633. The van der Waals surface area contributed by atoms with Gasteiger partial charge in [0.1, 0.15) is 16.7 Å². The summed E-state index contributed by atoms with van der Waals surface area (Å²) >= 11 is 7.94. The Morgan fingerprint density at radius 2 is 2.22 bits per heavy atom. The van der Waals surface area contributed by atoms with Crippen LogP contribution in [0.1, 0.15) is 18.4 Å². The van der Waals surface area contributed by atoms with Gasteiger partial charge < -0.3 is 14.7 Å². The van der Waals surface area contributed by atoms with Crippen LogP contribution in [0.5, 0.6) is 5.75 Å². The van der Waals surface area contributed by atoms with E-state index >= 15 is 0 Å². The Balaban J connectivity index is 1.75. The van der Waals surface area contributed by atoms with Crippen LogP contribution in [0.4, 0.5) is 4.79 Å². The molecule has 1 unspecified atom stereocenters. The zero-order valence-corrected chi connectivity index (χ0v) is 16.4. The number of fused-ring (bicyclic) bond motifs is 1. The van der Waals surface area contributed by atoms with Crippen molar-refractivity contribution in [3.05, 3.63) is 46.4 Å². The molecule has 1 aromatic carbocycles. The molecule has 1 fully saturated rings. The molecule has 0 radical (unpaired) electrons. The van der Waals surface area contributed by atoms with Crippen LogP contribution in [0.2, 0.25) is 5.02 Å². The number of rotatable bonds is 3. The van der Waals surface area contributed by atoms with Crippen LogP contribution in [-0.4, -0.2) is 40.3 Å². The fourth-order valence-electron chi connectivity index (χ4n) is 3.57. The molecule has 7 heteroatoms. The number of halogens is 1. The number of amides is 1. The first-order chi connectivity index (χ1) is 13.0. The van der Waals surface area contributed by atoms with Crippen molar-refractivity contribution in [3.63, 3.8) is 0 Å². The fraction of sp³-hybridized carbons (Fsp3) is 0.300. The second-order valence-electron chi connectivity index (χ2n) is 6.71. The van der Waals surface area contributed by atoms with E-state index in [1.807, 2.05) is 30.5 Å². The molecule has 3 heterocycles. The number of aryl methyl sites for hydroxylation is 1. The van der Waals surface area contributed by atoms with Gasteiger partial charge in [-0.15, -0.1) is 11.3 Å². The highest BCUT2D eigenvalue weighted by molar-refractivity contribution is 7.16. The number of pyridine rings is 1. The number of likely N-dealkylation sites (tertiary alicyclic amines) is 1. The molecule has 27 heavy (non-hydrogen) atoms.